The first-order valence-electron chi connectivity index (χ1n) is 6.42. The first-order chi connectivity index (χ1) is 9.15. The van der Waals surface area contributed by atoms with Gasteiger partial charge in [-0.1, -0.05) is 11.6 Å². The summed E-state index contributed by atoms with van der Waals surface area (Å²) in [5.74, 6) is 0.184. The van der Waals surface area contributed by atoms with Crippen LogP contribution in [0.25, 0.3) is 0 Å². The topological polar surface area (TPSA) is 48.5 Å². The molecule has 1 aromatic rings. The summed E-state index contributed by atoms with van der Waals surface area (Å²) in [5, 5.41) is 3.73. The SMILES string of the molecule is CN(CC(=O)N1CCNCC1)Cc1ccnc(Cl)c1. The quantitative estimate of drug-likeness (QED) is 0.822. The summed E-state index contributed by atoms with van der Waals surface area (Å²) < 4.78 is 0. The molecule has 1 fully saturated rings. The monoisotopic (exact) mass is 282 g/mol. The van der Waals surface area contributed by atoms with Crippen molar-refractivity contribution < 1.29 is 4.79 Å². The number of hydrogen-bond donors (Lipinski definition) is 1. The molecule has 0 spiro atoms. The number of carbonyl (C=O) groups excluding carboxylic acids is 1. The third-order valence-corrected chi connectivity index (χ3v) is 3.33. The van der Waals surface area contributed by atoms with Crippen LogP contribution in [0.2, 0.25) is 5.15 Å². The van der Waals surface area contributed by atoms with E-state index in [-0.39, 0.29) is 5.91 Å². The number of likely N-dealkylation sites (N-methyl/N-ethyl adjacent to an activating group) is 1. The fraction of sp³-hybridized carbons (Fsp3) is 0.538. The highest BCUT2D eigenvalue weighted by atomic mass is 35.5. The predicted octanol–water partition coefficient (Wildman–Crippen LogP) is 0.599. The molecule has 104 valence electrons. The van der Waals surface area contributed by atoms with Gasteiger partial charge in [0, 0.05) is 38.9 Å². The number of pyridine rings is 1. The standard InChI is InChI=1S/C13H19ClN4O/c1-17(9-11-2-3-16-12(14)8-11)10-13(19)18-6-4-15-5-7-18/h2-3,8,15H,4-7,9-10H2,1H3. The van der Waals surface area contributed by atoms with Crippen LogP contribution in [0.4, 0.5) is 0 Å². The zero-order chi connectivity index (χ0) is 13.7. The largest absolute Gasteiger partial charge is 0.339 e. The molecule has 0 radical (unpaired) electrons. The van der Waals surface area contributed by atoms with Crippen LogP contribution in [0.3, 0.4) is 0 Å². The number of nitrogens with zero attached hydrogens (tertiary/aromatic N) is 3. The van der Waals surface area contributed by atoms with Crippen molar-refractivity contribution in [3.05, 3.63) is 29.0 Å². The minimum absolute atomic E-state index is 0.184. The van der Waals surface area contributed by atoms with Crippen LogP contribution in [0.5, 0.6) is 0 Å². The van der Waals surface area contributed by atoms with Gasteiger partial charge in [-0.25, -0.2) is 4.98 Å². The van der Waals surface area contributed by atoms with E-state index < -0.39 is 0 Å². The van der Waals surface area contributed by atoms with Crippen molar-refractivity contribution in [2.45, 2.75) is 6.54 Å². The fourth-order valence-electron chi connectivity index (χ4n) is 2.15. The van der Waals surface area contributed by atoms with Crippen molar-refractivity contribution in [1.82, 2.24) is 20.1 Å². The molecular formula is C13H19ClN4O. The van der Waals surface area contributed by atoms with E-state index in [1.807, 2.05) is 29.0 Å². The molecule has 2 rings (SSSR count). The summed E-state index contributed by atoms with van der Waals surface area (Å²) in [4.78, 5) is 19.9. The Balaban J connectivity index is 1.83. The van der Waals surface area contributed by atoms with E-state index in [4.69, 9.17) is 11.6 Å². The van der Waals surface area contributed by atoms with E-state index in [1.165, 1.54) is 0 Å². The highest BCUT2D eigenvalue weighted by Gasteiger charge is 2.17. The minimum atomic E-state index is 0.184. The Morgan fingerprint density at radius 1 is 1.53 bits per heavy atom. The van der Waals surface area contributed by atoms with E-state index >= 15 is 0 Å². The van der Waals surface area contributed by atoms with Gasteiger partial charge in [0.05, 0.1) is 6.54 Å². The van der Waals surface area contributed by atoms with Gasteiger partial charge in [-0.2, -0.15) is 0 Å². The molecule has 0 bridgehead atoms. The maximum atomic E-state index is 12.1. The minimum Gasteiger partial charge on any atom is -0.339 e. The number of amides is 1. The Labute approximate surface area is 118 Å². The lowest BCUT2D eigenvalue weighted by Crippen LogP contribution is -2.49. The Kier molecular flexibility index (Phi) is 5.13. The van der Waals surface area contributed by atoms with Crippen molar-refractivity contribution in [2.75, 3.05) is 39.8 Å². The molecule has 0 aromatic carbocycles. The summed E-state index contributed by atoms with van der Waals surface area (Å²) in [6.45, 7) is 4.49. The van der Waals surface area contributed by atoms with Crippen LogP contribution in [-0.4, -0.2) is 60.5 Å². The normalized spacial score (nSPS) is 15.8. The molecule has 1 aliphatic heterocycles. The number of nitrogens with one attached hydrogen (secondary N) is 1. The van der Waals surface area contributed by atoms with E-state index in [9.17, 15) is 4.79 Å². The second-order valence-corrected chi connectivity index (χ2v) is 5.18. The molecule has 0 saturated carbocycles. The summed E-state index contributed by atoms with van der Waals surface area (Å²) in [6.07, 6.45) is 1.68. The number of rotatable bonds is 4. The lowest BCUT2D eigenvalue weighted by atomic mass is 10.2. The number of carbonyl (C=O) groups is 1. The highest BCUT2D eigenvalue weighted by Crippen LogP contribution is 2.09. The smallest absolute Gasteiger partial charge is 0.236 e. The van der Waals surface area contributed by atoms with E-state index in [1.54, 1.807) is 6.20 Å². The van der Waals surface area contributed by atoms with Gasteiger partial charge in [-0.15, -0.1) is 0 Å². The number of piperazine rings is 1. The van der Waals surface area contributed by atoms with Crippen molar-refractivity contribution in [3.63, 3.8) is 0 Å². The summed E-state index contributed by atoms with van der Waals surface area (Å²) in [5.41, 5.74) is 1.07. The average molecular weight is 283 g/mol. The lowest BCUT2D eigenvalue weighted by molar-refractivity contribution is -0.132. The maximum absolute atomic E-state index is 12.1. The van der Waals surface area contributed by atoms with Crippen molar-refractivity contribution in [1.29, 1.82) is 0 Å². The molecule has 19 heavy (non-hydrogen) atoms. The van der Waals surface area contributed by atoms with E-state index in [2.05, 4.69) is 10.3 Å². The summed E-state index contributed by atoms with van der Waals surface area (Å²) in [7, 11) is 1.94. The molecule has 6 heteroatoms. The third kappa shape index (κ3) is 4.45. The van der Waals surface area contributed by atoms with Crippen LogP contribution in [0.15, 0.2) is 18.3 Å². The second kappa shape index (κ2) is 6.84. The van der Waals surface area contributed by atoms with Crippen LogP contribution in [0, 0.1) is 0 Å². The van der Waals surface area contributed by atoms with Crippen LogP contribution >= 0.6 is 11.6 Å². The van der Waals surface area contributed by atoms with Crippen LogP contribution in [0.1, 0.15) is 5.56 Å². The van der Waals surface area contributed by atoms with Crippen molar-refractivity contribution in [3.8, 4) is 0 Å². The number of halogens is 1. The molecule has 1 aromatic heterocycles. The Hall–Kier alpha value is -1.17. The predicted molar refractivity (Wildman–Crippen MR) is 75.0 cm³/mol. The lowest BCUT2D eigenvalue weighted by Gasteiger charge is -2.29. The first kappa shape index (κ1) is 14.2. The molecule has 0 unspecified atom stereocenters. The number of aromatic nitrogens is 1. The molecule has 1 amide bonds. The molecule has 0 atom stereocenters. The van der Waals surface area contributed by atoms with Gasteiger partial charge in [0.15, 0.2) is 0 Å². The Morgan fingerprint density at radius 2 is 2.26 bits per heavy atom. The number of hydrogen-bond acceptors (Lipinski definition) is 4. The van der Waals surface area contributed by atoms with Gasteiger partial charge in [-0.3, -0.25) is 9.69 Å². The molecule has 1 N–H and O–H groups in total. The van der Waals surface area contributed by atoms with Gasteiger partial charge in [0.25, 0.3) is 0 Å². The molecule has 1 aliphatic rings. The molecule has 0 aliphatic carbocycles. The first-order valence-corrected chi connectivity index (χ1v) is 6.80. The van der Waals surface area contributed by atoms with Gasteiger partial charge < -0.3 is 10.2 Å². The highest BCUT2D eigenvalue weighted by molar-refractivity contribution is 6.29. The van der Waals surface area contributed by atoms with E-state index in [0.29, 0.717) is 18.2 Å². The maximum Gasteiger partial charge on any atom is 0.236 e. The van der Waals surface area contributed by atoms with Crippen molar-refractivity contribution >= 4 is 17.5 Å². The summed E-state index contributed by atoms with van der Waals surface area (Å²) in [6, 6.07) is 3.74. The summed E-state index contributed by atoms with van der Waals surface area (Å²) >= 11 is 5.84. The van der Waals surface area contributed by atoms with Crippen LogP contribution in [-0.2, 0) is 11.3 Å². The zero-order valence-corrected chi connectivity index (χ0v) is 11.9. The Morgan fingerprint density at radius 3 is 2.95 bits per heavy atom. The average Bonchev–Trinajstić information content (AvgIpc) is 2.39. The molecule has 2 heterocycles. The van der Waals surface area contributed by atoms with Gasteiger partial charge in [0.1, 0.15) is 5.15 Å². The van der Waals surface area contributed by atoms with Gasteiger partial charge >= 0.3 is 0 Å². The van der Waals surface area contributed by atoms with E-state index in [0.717, 1.165) is 31.7 Å². The molecule has 1 saturated heterocycles. The van der Waals surface area contributed by atoms with Gasteiger partial charge in [0.2, 0.25) is 5.91 Å². The Bertz CT molecular complexity index is 434. The third-order valence-electron chi connectivity index (χ3n) is 3.12. The molecule has 5 nitrogen and oxygen atoms in total. The van der Waals surface area contributed by atoms with Crippen molar-refractivity contribution in [2.24, 2.45) is 0 Å². The molecular weight excluding hydrogens is 264 g/mol. The second-order valence-electron chi connectivity index (χ2n) is 4.79. The fourth-order valence-corrected chi connectivity index (χ4v) is 2.35. The van der Waals surface area contributed by atoms with Crippen LogP contribution < -0.4 is 5.32 Å². The zero-order valence-electron chi connectivity index (χ0n) is 11.1. The van der Waals surface area contributed by atoms with Gasteiger partial charge in [-0.05, 0) is 24.7 Å².